The molecule has 5 rings (SSSR count). The summed E-state index contributed by atoms with van der Waals surface area (Å²) >= 11 is 14.5. The van der Waals surface area contributed by atoms with Crippen molar-refractivity contribution in [1.29, 1.82) is 0 Å². The van der Waals surface area contributed by atoms with Crippen LogP contribution in [-0.4, -0.2) is 55.5 Å². The summed E-state index contributed by atoms with van der Waals surface area (Å²) in [5, 5.41) is 5.25. The highest BCUT2D eigenvalue weighted by molar-refractivity contribution is 7.98. The van der Waals surface area contributed by atoms with Gasteiger partial charge in [0.05, 0.1) is 39.3 Å². The lowest BCUT2D eigenvalue weighted by molar-refractivity contribution is 0.0741. The Morgan fingerprint density at radius 3 is 2.91 bits per heavy atom. The predicted molar refractivity (Wildman–Crippen MR) is 143 cm³/mol. The molecule has 1 aliphatic heterocycles. The molecule has 0 spiro atoms. The summed E-state index contributed by atoms with van der Waals surface area (Å²) in [6.45, 7) is 0.630. The predicted octanol–water partition coefficient (Wildman–Crippen LogP) is 5.24. The molecule has 11 heteroatoms. The minimum absolute atomic E-state index is 0.130. The SMILES string of the molecule is CSCC[C@H](Nc1ncnc2cc(C(=O)N3CCCC3N)c(Cl)cc12)c1nc2ccc(Cl)cc2[nH]1. The highest BCUT2D eigenvalue weighted by Crippen LogP contribution is 2.32. The van der Waals surface area contributed by atoms with Gasteiger partial charge >= 0.3 is 0 Å². The van der Waals surface area contributed by atoms with E-state index in [1.54, 1.807) is 28.8 Å². The quantitative estimate of drug-likeness (QED) is 0.300. The van der Waals surface area contributed by atoms with Crippen LogP contribution in [0.2, 0.25) is 10.0 Å². The van der Waals surface area contributed by atoms with E-state index in [4.69, 9.17) is 33.9 Å². The molecule has 2 aromatic heterocycles. The van der Waals surface area contributed by atoms with Crippen molar-refractivity contribution in [3.63, 3.8) is 0 Å². The number of anilines is 1. The standard InChI is InChI=1S/C24H25Cl2N7OS/c1-35-8-6-18(23-30-17-5-4-13(25)9-20(17)32-23)31-22-15-10-16(26)14(11-19(15)28-12-29-22)24(34)33-7-2-3-21(33)27/h4-5,9-12,18,21H,2-3,6-8,27H2,1H3,(H,30,32)(H,28,29,31)/t18-,21?/m0/s1. The largest absolute Gasteiger partial charge is 0.359 e. The second kappa shape index (κ2) is 10.2. The Bertz CT molecular complexity index is 1400. The second-order valence-electron chi connectivity index (χ2n) is 8.54. The topological polar surface area (TPSA) is 113 Å². The highest BCUT2D eigenvalue weighted by Gasteiger charge is 2.28. The zero-order valence-electron chi connectivity index (χ0n) is 19.1. The number of nitrogens with zero attached hydrogens (tertiary/aromatic N) is 4. The van der Waals surface area contributed by atoms with Crippen LogP contribution in [0, 0.1) is 0 Å². The van der Waals surface area contributed by atoms with Crippen LogP contribution in [0.5, 0.6) is 0 Å². The van der Waals surface area contributed by atoms with Gasteiger partial charge in [0.25, 0.3) is 5.91 Å². The number of hydrogen-bond acceptors (Lipinski definition) is 7. The van der Waals surface area contributed by atoms with Crippen LogP contribution < -0.4 is 11.1 Å². The van der Waals surface area contributed by atoms with Crippen molar-refractivity contribution in [2.45, 2.75) is 31.5 Å². The van der Waals surface area contributed by atoms with Gasteiger partial charge in [0.15, 0.2) is 0 Å². The van der Waals surface area contributed by atoms with Crippen LogP contribution in [0.15, 0.2) is 36.7 Å². The summed E-state index contributed by atoms with van der Waals surface area (Å²) in [6, 6.07) is 8.93. The van der Waals surface area contributed by atoms with Gasteiger partial charge in [-0.1, -0.05) is 23.2 Å². The van der Waals surface area contributed by atoms with Crippen molar-refractivity contribution in [3.05, 3.63) is 58.1 Å². The number of thioether (sulfide) groups is 1. The number of fused-ring (bicyclic) bond motifs is 2. The van der Waals surface area contributed by atoms with Gasteiger partial charge in [-0.2, -0.15) is 11.8 Å². The van der Waals surface area contributed by atoms with E-state index in [0.29, 0.717) is 33.5 Å². The van der Waals surface area contributed by atoms with Gasteiger partial charge in [-0.25, -0.2) is 15.0 Å². The van der Waals surface area contributed by atoms with Crippen LogP contribution in [-0.2, 0) is 0 Å². The summed E-state index contributed by atoms with van der Waals surface area (Å²) in [5.41, 5.74) is 8.85. The lowest BCUT2D eigenvalue weighted by atomic mass is 10.1. The first-order chi connectivity index (χ1) is 16.9. The number of amides is 1. The Morgan fingerprint density at radius 2 is 2.14 bits per heavy atom. The van der Waals surface area contributed by atoms with E-state index in [0.717, 1.165) is 47.3 Å². The Hall–Kier alpha value is -2.59. The maximum Gasteiger partial charge on any atom is 0.256 e. The molecule has 0 bridgehead atoms. The van der Waals surface area contributed by atoms with Gasteiger partial charge in [0.1, 0.15) is 18.0 Å². The van der Waals surface area contributed by atoms with Gasteiger partial charge in [-0.05, 0) is 61.6 Å². The first-order valence-corrected chi connectivity index (χ1v) is 13.5. The molecule has 2 aromatic carbocycles. The molecule has 1 unspecified atom stereocenters. The lowest BCUT2D eigenvalue weighted by Gasteiger charge is -2.22. The molecule has 4 aromatic rings. The first-order valence-electron chi connectivity index (χ1n) is 11.4. The number of carbonyl (C=O) groups excluding carboxylic acids is 1. The Morgan fingerprint density at radius 1 is 1.29 bits per heavy atom. The number of benzene rings is 2. The number of nitrogens with two attached hydrogens (primary N) is 1. The monoisotopic (exact) mass is 529 g/mol. The van der Waals surface area contributed by atoms with Crippen molar-refractivity contribution in [3.8, 4) is 0 Å². The fraction of sp³-hybridized carbons (Fsp3) is 0.333. The molecule has 0 saturated carbocycles. The fourth-order valence-corrected chi connectivity index (χ4v) is 5.29. The summed E-state index contributed by atoms with van der Waals surface area (Å²) in [4.78, 5) is 31.8. The van der Waals surface area contributed by atoms with E-state index in [2.05, 4.69) is 26.5 Å². The highest BCUT2D eigenvalue weighted by atomic mass is 35.5. The van der Waals surface area contributed by atoms with Gasteiger partial charge < -0.3 is 20.9 Å². The normalized spacial score (nSPS) is 16.8. The van der Waals surface area contributed by atoms with Gasteiger partial charge in [-0.3, -0.25) is 4.79 Å². The van der Waals surface area contributed by atoms with E-state index >= 15 is 0 Å². The number of likely N-dealkylation sites (tertiary alicyclic amines) is 1. The van der Waals surface area contributed by atoms with Crippen molar-refractivity contribution in [2.75, 3.05) is 23.9 Å². The van der Waals surface area contributed by atoms with Gasteiger partial charge in [0, 0.05) is 17.0 Å². The molecule has 0 radical (unpaired) electrons. The van der Waals surface area contributed by atoms with E-state index < -0.39 is 0 Å². The molecule has 2 atom stereocenters. The van der Waals surface area contributed by atoms with E-state index in [9.17, 15) is 4.79 Å². The number of hydrogen-bond donors (Lipinski definition) is 3. The Balaban J connectivity index is 1.49. The van der Waals surface area contributed by atoms with Crippen LogP contribution >= 0.6 is 35.0 Å². The number of halogens is 2. The minimum atomic E-state index is -0.284. The minimum Gasteiger partial charge on any atom is -0.359 e. The third-order valence-corrected chi connectivity index (χ3v) is 7.42. The number of rotatable bonds is 7. The fourth-order valence-electron chi connectivity index (χ4n) is 4.40. The number of H-pyrrole nitrogens is 1. The summed E-state index contributed by atoms with van der Waals surface area (Å²) in [6.07, 6.45) is 5.77. The molecule has 1 saturated heterocycles. The molecular weight excluding hydrogens is 505 g/mol. The third kappa shape index (κ3) is 4.91. The molecule has 8 nitrogen and oxygen atoms in total. The number of aromatic nitrogens is 4. The van der Waals surface area contributed by atoms with Gasteiger partial charge in [0.2, 0.25) is 0 Å². The number of imidazole rings is 1. The molecular formula is C24H25Cl2N7OS. The summed E-state index contributed by atoms with van der Waals surface area (Å²) in [5.74, 6) is 2.17. The smallest absolute Gasteiger partial charge is 0.256 e. The number of aromatic amines is 1. The zero-order valence-corrected chi connectivity index (χ0v) is 21.4. The van der Waals surface area contributed by atoms with Crippen molar-refractivity contribution in [1.82, 2.24) is 24.8 Å². The average molecular weight is 530 g/mol. The summed E-state index contributed by atoms with van der Waals surface area (Å²) < 4.78 is 0. The van der Waals surface area contributed by atoms with Crippen LogP contribution in [0.1, 0.15) is 41.5 Å². The Kier molecular flexibility index (Phi) is 7.02. The molecule has 1 aliphatic rings. The summed E-state index contributed by atoms with van der Waals surface area (Å²) in [7, 11) is 0. The molecule has 1 amide bonds. The van der Waals surface area contributed by atoms with E-state index in [1.165, 1.54) is 6.33 Å². The van der Waals surface area contributed by atoms with Gasteiger partial charge in [-0.15, -0.1) is 0 Å². The molecule has 35 heavy (non-hydrogen) atoms. The maximum atomic E-state index is 13.1. The van der Waals surface area contributed by atoms with Crippen molar-refractivity contribution < 1.29 is 4.79 Å². The van der Waals surface area contributed by atoms with Crippen molar-refractivity contribution >= 4 is 68.6 Å². The first kappa shape index (κ1) is 24.1. The van der Waals surface area contributed by atoms with Crippen LogP contribution in [0.25, 0.3) is 21.9 Å². The van der Waals surface area contributed by atoms with Crippen LogP contribution in [0.4, 0.5) is 5.82 Å². The van der Waals surface area contributed by atoms with E-state index in [-0.39, 0.29) is 18.1 Å². The van der Waals surface area contributed by atoms with Crippen molar-refractivity contribution in [2.24, 2.45) is 5.73 Å². The Labute approximate surface area is 217 Å². The molecule has 1 fully saturated rings. The van der Waals surface area contributed by atoms with Crippen LogP contribution in [0.3, 0.4) is 0 Å². The number of carbonyl (C=O) groups is 1. The third-order valence-electron chi connectivity index (χ3n) is 6.23. The second-order valence-corrected chi connectivity index (χ2v) is 10.4. The molecule has 0 aliphatic carbocycles. The van der Waals surface area contributed by atoms with E-state index in [1.807, 2.05) is 18.2 Å². The average Bonchev–Trinajstić information content (AvgIpc) is 3.46. The molecule has 3 heterocycles. The molecule has 182 valence electrons. The number of nitrogens with one attached hydrogen (secondary N) is 2. The zero-order chi connectivity index (χ0) is 24.5. The lowest BCUT2D eigenvalue weighted by Crippen LogP contribution is -2.41. The molecule has 4 N–H and O–H groups in total. The maximum absolute atomic E-state index is 13.1.